The first-order chi connectivity index (χ1) is 3.68. The molecule has 0 atom stereocenters. The molecule has 0 aromatic heterocycles. The highest BCUT2D eigenvalue weighted by Crippen LogP contribution is 1.87. The molecule has 0 N–H and O–H groups in total. The molecule has 1 radical (unpaired) electrons. The molecule has 0 aromatic rings. The highest BCUT2D eigenvalue weighted by Gasteiger charge is 1.99. The molecule has 0 aromatic carbocycles. The summed E-state index contributed by atoms with van der Waals surface area (Å²) in [6, 6.07) is 0. The second kappa shape index (κ2) is 3.78. The summed E-state index contributed by atoms with van der Waals surface area (Å²) >= 11 is 4.60. The fourth-order valence-electron chi connectivity index (χ4n) is 0.311. The summed E-state index contributed by atoms with van der Waals surface area (Å²) < 4.78 is 0. The Balaban J connectivity index is 3.33. The average molecular weight is 132 g/mol. The zero-order valence-corrected chi connectivity index (χ0v) is 5.99. The van der Waals surface area contributed by atoms with Gasteiger partial charge in [-0.3, -0.25) is 4.79 Å². The lowest BCUT2D eigenvalue weighted by Crippen LogP contribution is -2.21. The first kappa shape index (κ1) is 7.82. The summed E-state index contributed by atoms with van der Waals surface area (Å²) in [7, 11) is 3.46. The number of hydrogen-bond donors (Lipinski definition) is 0. The van der Waals surface area contributed by atoms with Crippen molar-refractivity contribution in [2.45, 2.75) is 6.42 Å². The number of carbonyl (C=O) groups excluding carboxylic acids is 1. The second-order valence-corrected chi connectivity index (χ2v) is 2.15. The lowest BCUT2D eigenvalue weighted by Gasteiger charge is -2.07. The van der Waals surface area contributed by atoms with E-state index in [4.69, 9.17) is 0 Å². The highest BCUT2D eigenvalue weighted by atomic mass is 32.1. The van der Waals surface area contributed by atoms with Crippen molar-refractivity contribution in [1.82, 2.24) is 4.90 Å². The van der Waals surface area contributed by atoms with Crippen molar-refractivity contribution in [1.29, 1.82) is 0 Å². The van der Waals surface area contributed by atoms with Gasteiger partial charge in [0.15, 0.2) is 0 Å². The summed E-state index contributed by atoms with van der Waals surface area (Å²) in [5, 5.41) is 0. The van der Waals surface area contributed by atoms with Crippen LogP contribution in [0.1, 0.15) is 6.42 Å². The van der Waals surface area contributed by atoms with Crippen LogP contribution >= 0.6 is 12.6 Å². The molecule has 0 fully saturated rings. The Kier molecular flexibility index (Phi) is 3.69. The monoisotopic (exact) mass is 132 g/mol. The number of nitrogens with zero attached hydrogens (tertiary/aromatic N) is 1. The first-order valence-corrected chi connectivity index (χ1v) is 3.04. The first-order valence-electron chi connectivity index (χ1n) is 2.46. The van der Waals surface area contributed by atoms with Crippen LogP contribution in [0.15, 0.2) is 0 Å². The van der Waals surface area contributed by atoms with Gasteiger partial charge in [0.25, 0.3) is 0 Å². The van der Waals surface area contributed by atoms with Crippen LogP contribution in [-0.4, -0.2) is 30.7 Å². The van der Waals surface area contributed by atoms with Crippen LogP contribution in [-0.2, 0) is 4.79 Å². The van der Waals surface area contributed by atoms with E-state index >= 15 is 0 Å². The van der Waals surface area contributed by atoms with Gasteiger partial charge in [-0.15, -0.1) is 0 Å². The van der Waals surface area contributed by atoms with Gasteiger partial charge in [-0.1, -0.05) is 12.6 Å². The van der Waals surface area contributed by atoms with Crippen molar-refractivity contribution in [2.75, 3.05) is 19.8 Å². The van der Waals surface area contributed by atoms with E-state index in [1.54, 1.807) is 19.0 Å². The third-order valence-electron chi connectivity index (χ3n) is 0.815. The van der Waals surface area contributed by atoms with E-state index in [2.05, 4.69) is 12.6 Å². The van der Waals surface area contributed by atoms with Crippen molar-refractivity contribution < 1.29 is 4.79 Å². The number of rotatable bonds is 2. The van der Waals surface area contributed by atoms with Gasteiger partial charge in [0.1, 0.15) is 0 Å². The van der Waals surface area contributed by atoms with Gasteiger partial charge in [0.05, 0.1) is 0 Å². The Morgan fingerprint density at radius 2 is 2.12 bits per heavy atom. The van der Waals surface area contributed by atoms with Crippen LogP contribution < -0.4 is 0 Å². The van der Waals surface area contributed by atoms with E-state index in [0.717, 1.165) is 0 Å². The van der Waals surface area contributed by atoms with Crippen molar-refractivity contribution in [3.63, 3.8) is 0 Å². The van der Waals surface area contributed by atoms with E-state index in [-0.39, 0.29) is 5.91 Å². The molecule has 0 aliphatic heterocycles. The zero-order valence-electron chi connectivity index (χ0n) is 5.18. The quantitative estimate of drug-likeness (QED) is 0.540. The number of amides is 1. The predicted molar refractivity (Wildman–Crippen MR) is 35.8 cm³/mol. The Morgan fingerprint density at radius 1 is 1.62 bits per heavy atom. The van der Waals surface area contributed by atoms with Crippen LogP contribution in [0, 0.1) is 0 Å². The lowest BCUT2D eigenvalue weighted by molar-refractivity contribution is -0.128. The van der Waals surface area contributed by atoms with Crippen LogP contribution in [0.4, 0.5) is 0 Å². The molecular formula is C5H10NOS. The smallest absolute Gasteiger partial charge is 0.222 e. The molecular weight excluding hydrogens is 122 g/mol. The fraction of sp³-hybridized carbons (Fsp3) is 0.800. The van der Waals surface area contributed by atoms with E-state index in [1.807, 2.05) is 0 Å². The standard InChI is InChI=1S/C5H10NOS/c1-6(2)5(7)3-4-8/h3-4H2,1-2H3. The van der Waals surface area contributed by atoms with Gasteiger partial charge in [-0.2, -0.15) is 0 Å². The molecule has 0 spiro atoms. The molecule has 0 rings (SSSR count). The van der Waals surface area contributed by atoms with Crippen LogP contribution in [0.5, 0.6) is 0 Å². The van der Waals surface area contributed by atoms with Crippen molar-refractivity contribution in [3.05, 3.63) is 0 Å². The van der Waals surface area contributed by atoms with Gasteiger partial charge in [0, 0.05) is 26.3 Å². The molecule has 0 saturated heterocycles. The molecule has 47 valence electrons. The summed E-state index contributed by atoms with van der Waals surface area (Å²) in [5.74, 6) is 0.636. The second-order valence-electron chi connectivity index (χ2n) is 1.74. The van der Waals surface area contributed by atoms with E-state index < -0.39 is 0 Å². The van der Waals surface area contributed by atoms with Crippen molar-refractivity contribution in [2.24, 2.45) is 0 Å². The van der Waals surface area contributed by atoms with Gasteiger partial charge in [-0.05, 0) is 0 Å². The largest absolute Gasteiger partial charge is 0.349 e. The van der Waals surface area contributed by atoms with Gasteiger partial charge >= 0.3 is 0 Å². The minimum atomic E-state index is 0.111. The highest BCUT2D eigenvalue weighted by molar-refractivity contribution is 7.80. The van der Waals surface area contributed by atoms with E-state index in [9.17, 15) is 4.79 Å². The summed E-state index contributed by atoms with van der Waals surface area (Å²) in [6.45, 7) is 0. The minimum Gasteiger partial charge on any atom is -0.349 e. The van der Waals surface area contributed by atoms with Gasteiger partial charge in [0.2, 0.25) is 5.91 Å². The number of hydrogen-bond acceptors (Lipinski definition) is 1. The summed E-state index contributed by atoms with van der Waals surface area (Å²) in [6.07, 6.45) is 0.488. The van der Waals surface area contributed by atoms with Crippen LogP contribution in [0.3, 0.4) is 0 Å². The molecule has 3 heteroatoms. The average Bonchev–Trinajstić information content (AvgIpc) is 1.67. The zero-order chi connectivity index (χ0) is 6.57. The normalized spacial score (nSPS) is 8.88. The maximum atomic E-state index is 10.6. The van der Waals surface area contributed by atoms with Crippen LogP contribution in [0.25, 0.3) is 0 Å². The molecule has 0 bridgehead atoms. The van der Waals surface area contributed by atoms with Gasteiger partial charge < -0.3 is 4.90 Å². The molecule has 0 unspecified atom stereocenters. The molecule has 8 heavy (non-hydrogen) atoms. The third kappa shape index (κ3) is 2.91. The third-order valence-corrected chi connectivity index (χ3v) is 1.02. The molecule has 0 aliphatic carbocycles. The van der Waals surface area contributed by atoms with Crippen molar-refractivity contribution >= 4 is 18.5 Å². The summed E-state index contributed by atoms with van der Waals surface area (Å²) in [5.41, 5.74) is 0. The number of carbonyl (C=O) groups is 1. The molecule has 0 heterocycles. The summed E-state index contributed by atoms with van der Waals surface area (Å²) in [4.78, 5) is 12.1. The Hall–Kier alpha value is -0.180. The van der Waals surface area contributed by atoms with Crippen molar-refractivity contribution in [3.8, 4) is 0 Å². The molecule has 0 aliphatic rings. The SMILES string of the molecule is CN(C)C(=O)CC[S]. The van der Waals surface area contributed by atoms with Crippen LogP contribution in [0.2, 0.25) is 0 Å². The maximum Gasteiger partial charge on any atom is 0.222 e. The molecule has 2 nitrogen and oxygen atoms in total. The lowest BCUT2D eigenvalue weighted by atomic mass is 10.4. The van der Waals surface area contributed by atoms with E-state index in [1.165, 1.54) is 0 Å². The Bertz CT molecular complexity index is 82.5. The Morgan fingerprint density at radius 3 is 2.25 bits per heavy atom. The predicted octanol–water partition coefficient (Wildman–Crippen LogP) is 0.662. The molecule has 1 amide bonds. The maximum absolute atomic E-state index is 10.6. The minimum absolute atomic E-state index is 0.111. The Labute approximate surface area is 55.3 Å². The fourth-order valence-corrected chi connectivity index (χ4v) is 0.486. The van der Waals surface area contributed by atoms with E-state index in [0.29, 0.717) is 12.2 Å². The topological polar surface area (TPSA) is 20.3 Å². The molecule has 0 saturated carbocycles. The van der Waals surface area contributed by atoms with Gasteiger partial charge in [-0.25, -0.2) is 0 Å².